The van der Waals surface area contributed by atoms with Gasteiger partial charge in [0.2, 0.25) is 5.91 Å². The lowest BCUT2D eigenvalue weighted by molar-refractivity contribution is -0.131. The van der Waals surface area contributed by atoms with E-state index in [1.54, 1.807) is 25.1 Å². The summed E-state index contributed by atoms with van der Waals surface area (Å²) < 4.78 is 0. The number of aliphatic carboxylic acids is 1. The molecule has 106 valence electrons. The lowest BCUT2D eigenvalue weighted by Crippen LogP contribution is -2.27. The van der Waals surface area contributed by atoms with Crippen molar-refractivity contribution >= 4 is 23.9 Å². The van der Waals surface area contributed by atoms with Crippen molar-refractivity contribution in [3.63, 3.8) is 0 Å². The van der Waals surface area contributed by atoms with Crippen molar-refractivity contribution in [3.8, 4) is 0 Å². The van der Waals surface area contributed by atoms with Gasteiger partial charge in [0.25, 0.3) is 5.91 Å². The van der Waals surface area contributed by atoms with Crippen LogP contribution in [0.2, 0.25) is 0 Å². The second kappa shape index (κ2) is 7.08. The van der Waals surface area contributed by atoms with Crippen molar-refractivity contribution in [2.24, 2.45) is 5.73 Å². The Hall–Kier alpha value is -2.63. The van der Waals surface area contributed by atoms with Crippen LogP contribution in [-0.4, -0.2) is 29.4 Å². The highest BCUT2D eigenvalue weighted by atomic mass is 16.4. The zero-order valence-corrected chi connectivity index (χ0v) is 11.1. The average molecular weight is 276 g/mol. The van der Waals surface area contributed by atoms with Crippen LogP contribution in [0.4, 0.5) is 0 Å². The number of amides is 2. The fourth-order valence-electron chi connectivity index (χ4n) is 1.61. The van der Waals surface area contributed by atoms with Gasteiger partial charge < -0.3 is 16.2 Å². The Kier molecular flexibility index (Phi) is 5.46. The zero-order valence-electron chi connectivity index (χ0n) is 11.1. The number of rotatable bonds is 6. The van der Waals surface area contributed by atoms with Gasteiger partial charge >= 0.3 is 5.97 Å². The molecular weight excluding hydrogens is 260 g/mol. The van der Waals surface area contributed by atoms with E-state index in [4.69, 9.17) is 10.8 Å². The summed E-state index contributed by atoms with van der Waals surface area (Å²) in [5, 5.41) is 11.2. The van der Waals surface area contributed by atoms with Crippen molar-refractivity contribution in [2.75, 3.05) is 6.54 Å². The number of hydrogen-bond acceptors (Lipinski definition) is 3. The van der Waals surface area contributed by atoms with Crippen molar-refractivity contribution < 1.29 is 19.5 Å². The maximum Gasteiger partial charge on any atom is 0.328 e. The van der Waals surface area contributed by atoms with E-state index in [2.05, 4.69) is 5.32 Å². The Morgan fingerprint density at radius 2 is 2.00 bits per heavy atom. The van der Waals surface area contributed by atoms with Crippen LogP contribution in [0.25, 0.3) is 6.08 Å². The van der Waals surface area contributed by atoms with E-state index >= 15 is 0 Å². The molecule has 0 fully saturated rings. The third-order valence-corrected chi connectivity index (χ3v) is 2.44. The normalized spacial score (nSPS) is 10.4. The fraction of sp³-hybridized carbons (Fsp3) is 0.214. The minimum Gasteiger partial charge on any atom is -0.478 e. The van der Waals surface area contributed by atoms with Gasteiger partial charge in [0, 0.05) is 24.6 Å². The summed E-state index contributed by atoms with van der Waals surface area (Å²) in [6, 6.07) is 5.02. The molecule has 0 bridgehead atoms. The maximum absolute atomic E-state index is 11.9. The number of nitrogens with two attached hydrogens (primary N) is 1. The minimum atomic E-state index is -1.06. The van der Waals surface area contributed by atoms with Crippen LogP contribution in [0, 0.1) is 6.92 Å². The number of nitrogens with one attached hydrogen (secondary N) is 1. The summed E-state index contributed by atoms with van der Waals surface area (Å²) in [4.78, 5) is 32.9. The van der Waals surface area contributed by atoms with Crippen LogP contribution < -0.4 is 11.1 Å². The Morgan fingerprint density at radius 1 is 1.30 bits per heavy atom. The maximum atomic E-state index is 11.9. The summed E-state index contributed by atoms with van der Waals surface area (Å²) in [5.74, 6) is -1.88. The van der Waals surface area contributed by atoms with Gasteiger partial charge in [-0.25, -0.2) is 4.79 Å². The molecule has 20 heavy (non-hydrogen) atoms. The van der Waals surface area contributed by atoms with Crippen LogP contribution in [0.5, 0.6) is 0 Å². The van der Waals surface area contributed by atoms with E-state index in [-0.39, 0.29) is 18.9 Å². The molecule has 0 aliphatic heterocycles. The fourth-order valence-corrected chi connectivity index (χ4v) is 1.61. The molecule has 0 spiro atoms. The standard InChI is InChI=1S/C14H16N2O4/c1-9-6-10(2-3-13(18)19)8-11(7-9)14(20)16-5-4-12(15)17/h2-3,6-8H,4-5H2,1H3,(H2,15,17)(H,16,20)(H,18,19)/b3-2+. The van der Waals surface area contributed by atoms with E-state index in [1.165, 1.54) is 6.08 Å². The predicted octanol–water partition coefficient (Wildman–Crippen LogP) is 0.698. The van der Waals surface area contributed by atoms with Crippen LogP contribution in [0.1, 0.15) is 27.9 Å². The smallest absolute Gasteiger partial charge is 0.328 e. The molecule has 1 aromatic rings. The number of carboxylic acids is 1. The average Bonchev–Trinajstić information content (AvgIpc) is 2.35. The van der Waals surface area contributed by atoms with Crippen LogP contribution in [-0.2, 0) is 9.59 Å². The van der Waals surface area contributed by atoms with E-state index in [0.29, 0.717) is 11.1 Å². The number of carbonyl (C=O) groups excluding carboxylic acids is 2. The first-order valence-electron chi connectivity index (χ1n) is 5.97. The van der Waals surface area contributed by atoms with E-state index < -0.39 is 11.9 Å². The van der Waals surface area contributed by atoms with Crippen LogP contribution >= 0.6 is 0 Å². The van der Waals surface area contributed by atoms with Gasteiger partial charge in [0.15, 0.2) is 0 Å². The van der Waals surface area contributed by atoms with Gasteiger partial charge in [0.1, 0.15) is 0 Å². The highest BCUT2D eigenvalue weighted by Crippen LogP contribution is 2.11. The third-order valence-electron chi connectivity index (χ3n) is 2.44. The molecule has 0 aromatic heterocycles. The molecule has 0 heterocycles. The van der Waals surface area contributed by atoms with E-state index in [9.17, 15) is 14.4 Å². The molecule has 0 radical (unpaired) electrons. The van der Waals surface area contributed by atoms with Gasteiger partial charge in [-0.2, -0.15) is 0 Å². The molecule has 0 saturated heterocycles. The van der Waals surface area contributed by atoms with Crippen molar-refractivity contribution in [1.82, 2.24) is 5.32 Å². The molecule has 0 saturated carbocycles. The number of carbonyl (C=O) groups is 3. The van der Waals surface area contributed by atoms with Gasteiger partial charge in [-0.05, 0) is 36.3 Å². The topological polar surface area (TPSA) is 109 Å². The minimum absolute atomic E-state index is 0.0727. The second-order valence-electron chi connectivity index (χ2n) is 4.28. The Bertz CT molecular complexity index is 564. The molecule has 6 nitrogen and oxygen atoms in total. The number of hydrogen-bond donors (Lipinski definition) is 3. The number of carboxylic acid groups (broad SMARTS) is 1. The lowest BCUT2D eigenvalue weighted by Gasteiger charge is -2.06. The summed E-state index contributed by atoms with van der Waals surface area (Å²) in [5.41, 5.74) is 6.83. The molecular formula is C14H16N2O4. The molecule has 0 aliphatic rings. The van der Waals surface area contributed by atoms with Crippen molar-refractivity contribution in [1.29, 1.82) is 0 Å². The molecule has 6 heteroatoms. The van der Waals surface area contributed by atoms with Crippen LogP contribution in [0.15, 0.2) is 24.3 Å². The predicted molar refractivity (Wildman–Crippen MR) is 74.0 cm³/mol. The quantitative estimate of drug-likeness (QED) is 0.664. The van der Waals surface area contributed by atoms with Gasteiger partial charge in [0.05, 0.1) is 0 Å². The number of benzene rings is 1. The summed E-state index contributed by atoms with van der Waals surface area (Å²) in [7, 11) is 0. The first-order chi connectivity index (χ1) is 9.38. The van der Waals surface area contributed by atoms with Crippen molar-refractivity contribution in [2.45, 2.75) is 13.3 Å². The first-order valence-corrected chi connectivity index (χ1v) is 5.97. The molecule has 4 N–H and O–H groups in total. The molecule has 1 rings (SSSR count). The highest BCUT2D eigenvalue weighted by molar-refractivity contribution is 5.95. The summed E-state index contributed by atoms with van der Waals surface area (Å²) >= 11 is 0. The van der Waals surface area contributed by atoms with E-state index in [1.807, 2.05) is 0 Å². The molecule has 2 amide bonds. The van der Waals surface area contributed by atoms with Gasteiger partial charge in [-0.3, -0.25) is 9.59 Å². The monoisotopic (exact) mass is 276 g/mol. The van der Waals surface area contributed by atoms with E-state index in [0.717, 1.165) is 11.6 Å². The number of primary amides is 1. The van der Waals surface area contributed by atoms with Crippen molar-refractivity contribution in [3.05, 3.63) is 41.0 Å². The lowest BCUT2D eigenvalue weighted by atomic mass is 10.1. The number of aryl methyl sites for hydroxylation is 1. The SMILES string of the molecule is Cc1cc(/C=C/C(=O)O)cc(C(=O)NCCC(N)=O)c1. The summed E-state index contributed by atoms with van der Waals surface area (Å²) in [6.45, 7) is 1.97. The Labute approximate surface area is 116 Å². The Morgan fingerprint density at radius 3 is 2.60 bits per heavy atom. The Balaban J connectivity index is 2.81. The second-order valence-corrected chi connectivity index (χ2v) is 4.28. The van der Waals surface area contributed by atoms with Gasteiger partial charge in [-0.15, -0.1) is 0 Å². The third kappa shape index (κ3) is 5.34. The summed E-state index contributed by atoms with van der Waals surface area (Å²) in [6.07, 6.45) is 2.49. The molecule has 0 atom stereocenters. The molecule has 0 aliphatic carbocycles. The van der Waals surface area contributed by atoms with Gasteiger partial charge in [-0.1, -0.05) is 6.07 Å². The van der Waals surface area contributed by atoms with Crippen LogP contribution in [0.3, 0.4) is 0 Å². The first kappa shape index (κ1) is 15.4. The highest BCUT2D eigenvalue weighted by Gasteiger charge is 2.07. The largest absolute Gasteiger partial charge is 0.478 e. The molecule has 0 unspecified atom stereocenters. The molecule has 1 aromatic carbocycles. The zero-order chi connectivity index (χ0) is 15.1.